The van der Waals surface area contributed by atoms with Gasteiger partial charge in [-0.05, 0) is 32.1 Å². The maximum absolute atomic E-state index is 10.0. The van der Waals surface area contributed by atoms with Gasteiger partial charge in [-0.1, -0.05) is 33.1 Å². The summed E-state index contributed by atoms with van der Waals surface area (Å²) in [5.41, 5.74) is 0. The van der Waals surface area contributed by atoms with E-state index in [2.05, 4.69) is 26.1 Å². The molecule has 0 aromatic heterocycles. The molecule has 0 radical (unpaired) electrons. The van der Waals surface area contributed by atoms with Crippen molar-refractivity contribution < 1.29 is 14.9 Å². The van der Waals surface area contributed by atoms with Crippen LogP contribution in [0.5, 0.6) is 0 Å². The lowest BCUT2D eigenvalue weighted by Gasteiger charge is -2.24. The van der Waals surface area contributed by atoms with Crippen LogP contribution in [0.2, 0.25) is 0 Å². The van der Waals surface area contributed by atoms with E-state index in [1.807, 2.05) is 0 Å². The molecule has 1 saturated carbocycles. The molecule has 0 aliphatic heterocycles. The molecule has 1 aliphatic rings. The largest absolute Gasteiger partial charge is 0.392 e. The highest BCUT2D eigenvalue weighted by Gasteiger charge is 2.21. The van der Waals surface area contributed by atoms with Crippen LogP contribution in [0.1, 0.15) is 59.3 Å². The van der Waals surface area contributed by atoms with Crippen LogP contribution in [-0.4, -0.2) is 47.7 Å². The molecule has 0 aromatic carbocycles. The van der Waals surface area contributed by atoms with Crippen LogP contribution in [0.3, 0.4) is 0 Å². The Kier molecular flexibility index (Phi) is 8.69. The summed E-state index contributed by atoms with van der Waals surface area (Å²) in [6, 6.07) is 0.125. The Labute approximate surface area is 123 Å². The first-order chi connectivity index (χ1) is 9.49. The Bertz CT molecular complexity index is 248. The molecule has 0 aromatic rings. The quantitative estimate of drug-likeness (QED) is 0.598. The molecule has 0 amide bonds. The summed E-state index contributed by atoms with van der Waals surface area (Å²) in [5, 5.41) is 23.2. The lowest BCUT2D eigenvalue weighted by Crippen LogP contribution is -2.43. The second-order valence-electron chi connectivity index (χ2n) is 6.65. The molecule has 0 heterocycles. The first kappa shape index (κ1) is 17.9. The number of aliphatic hydroxyl groups excluding tert-OH is 2. The van der Waals surface area contributed by atoms with Crippen molar-refractivity contribution in [2.24, 2.45) is 5.92 Å². The fraction of sp³-hybridized carbons (Fsp3) is 1.00. The fourth-order valence-electron chi connectivity index (χ4n) is 2.88. The summed E-state index contributed by atoms with van der Waals surface area (Å²) >= 11 is 0. The molecule has 4 nitrogen and oxygen atoms in total. The number of aliphatic hydroxyl groups is 2. The van der Waals surface area contributed by atoms with Crippen LogP contribution in [0.4, 0.5) is 0 Å². The van der Waals surface area contributed by atoms with E-state index in [4.69, 9.17) is 4.74 Å². The molecule has 1 fully saturated rings. The maximum Gasteiger partial charge on any atom is 0.0897 e. The van der Waals surface area contributed by atoms with E-state index in [-0.39, 0.29) is 18.2 Å². The van der Waals surface area contributed by atoms with Crippen LogP contribution < -0.4 is 5.32 Å². The van der Waals surface area contributed by atoms with Gasteiger partial charge in [-0.15, -0.1) is 0 Å². The standard InChI is InChI=1S/C16H33NO3/c1-12(2)9-13(3)20-11-14(18)10-17-15-7-5-4-6-8-16(15)19/h12-19H,4-11H2,1-3H3. The number of ether oxygens (including phenoxy) is 1. The smallest absolute Gasteiger partial charge is 0.0897 e. The second-order valence-corrected chi connectivity index (χ2v) is 6.65. The lowest BCUT2D eigenvalue weighted by atomic mass is 10.1. The molecular weight excluding hydrogens is 254 g/mol. The Morgan fingerprint density at radius 1 is 1.15 bits per heavy atom. The molecule has 0 saturated heterocycles. The number of hydrogen-bond donors (Lipinski definition) is 3. The van der Waals surface area contributed by atoms with Gasteiger partial charge in [-0.25, -0.2) is 0 Å². The minimum atomic E-state index is -0.500. The molecule has 4 heteroatoms. The molecule has 120 valence electrons. The third-order valence-corrected chi connectivity index (χ3v) is 3.97. The van der Waals surface area contributed by atoms with Gasteiger partial charge in [0.25, 0.3) is 0 Å². The fourth-order valence-corrected chi connectivity index (χ4v) is 2.88. The van der Waals surface area contributed by atoms with Crippen LogP contribution in [0, 0.1) is 5.92 Å². The predicted octanol–water partition coefficient (Wildman–Crippen LogP) is 2.08. The van der Waals surface area contributed by atoms with Crippen molar-refractivity contribution in [2.45, 2.75) is 83.6 Å². The van der Waals surface area contributed by atoms with E-state index in [0.717, 1.165) is 32.1 Å². The molecule has 0 bridgehead atoms. The van der Waals surface area contributed by atoms with Gasteiger partial charge in [0.2, 0.25) is 0 Å². The van der Waals surface area contributed by atoms with E-state index in [0.29, 0.717) is 19.1 Å². The van der Waals surface area contributed by atoms with E-state index in [1.165, 1.54) is 6.42 Å². The molecule has 1 aliphatic carbocycles. The topological polar surface area (TPSA) is 61.7 Å². The van der Waals surface area contributed by atoms with Gasteiger partial charge in [0.15, 0.2) is 0 Å². The highest BCUT2D eigenvalue weighted by atomic mass is 16.5. The first-order valence-electron chi connectivity index (χ1n) is 8.20. The first-order valence-corrected chi connectivity index (χ1v) is 8.20. The summed E-state index contributed by atoms with van der Waals surface area (Å²) in [5.74, 6) is 0.612. The highest BCUT2D eigenvalue weighted by Crippen LogP contribution is 2.18. The van der Waals surface area contributed by atoms with Crippen molar-refractivity contribution in [3.8, 4) is 0 Å². The van der Waals surface area contributed by atoms with Gasteiger partial charge in [0.1, 0.15) is 0 Å². The van der Waals surface area contributed by atoms with Gasteiger partial charge in [-0.3, -0.25) is 0 Å². The van der Waals surface area contributed by atoms with E-state index >= 15 is 0 Å². The van der Waals surface area contributed by atoms with Gasteiger partial charge in [0.05, 0.1) is 24.9 Å². The predicted molar refractivity (Wildman–Crippen MR) is 81.8 cm³/mol. The SMILES string of the molecule is CC(C)CC(C)OCC(O)CNC1CCCCCC1O. The van der Waals surface area contributed by atoms with Crippen molar-refractivity contribution in [1.29, 1.82) is 0 Å². The van der Waals surface area contributed by atoms with Gasteiger partial charge < -0.3 is 20.3 Å². The third-order valence-electron chi connectivity index (χ3n) is 3.97. The van der Waals surface area contributed by atoms with Crippen molar-refractivity contribution in [3.05, 3.63) is 0 Å². The van der Waals surface area contributed by atoms with Crippen LogP contribution in [0.25, 0.3) is 0 Å². The number of rotatable bonds is 8. The van der Waals surface area contributed by atoms with Gasteiger partial charge in [-0.2, -0.15) is 0 Å². The minimum Gasteiger partial charge on any atom is -0.392 e. The minimum absolute atomic E-state index is 0.125. The van der Waals surface area contributed by atoms with E-state index in [1.54, 1.807) is 0 Å². The van der Waals surface area contributed by atoms with Crippen molar-refractivity contribution in [1.82, 2.24) is 5.32 Å². The van der Waals surface area contributed by atoms with Crippen molar-refractivity contribution >= 4 is 0 Å². The van der Waals surface area contributed by atoms with E-state index in [9.17, 15) is 10.2 Å². The Morgan fingerprint density at radius 2 is 1.85 bits per heavy atom. The molecule has 3 N–H and O–H groups in total. The molecular formula is C16H33NO3. The molecule has 20 heavy (non-hydrogen) atoms. The average Bonchev–Trinajstić information content (AvgIpc) is 2.58. The van der Waals surface area contributed by atoms with Crippen LogP contribution in [-0.2, 0) is 4.74 Å². The molecule has 0 spiro atoms. The van der Waals surface area contributed by atoms with Gasteiger partial charge >= 0.3 is 0 Å². The summed E-state index contributed by atoms with van der Waals surface area (Å²) in [4.78, 5) is 0. The summed E-state index contributed by atoms with van der Waals surface area (Å²) in [6.45, 7) is 7.26. The molecule has 4 atom stereocenters. The normalized spacial score (nSPS) is 27.3. The van der Waals surface area contributed by atoms with Crippen molar-refractivity contribution in [2.75, 3.05) is 13.2 Å². The zero-order valence-electron chi connectivity index (χ0n) is 13.3. The summed E-state index contributed by atoms with van der Waals surface area (Å²) in [7, 11) is 0. The lowest BCUT2D eigenvalue weighted by molar-refractivity contribution is -0.0112. The Hall–Kier alpha value is -0.160. The monoisotopic (exact) mass is 287 g/mol. The van der Waals surface area contributed by atoms with Gasteiger partial charge in [0, 0.05) is 12.6 Å². The zero-order valence-corrected chi connectivity index (χ0v) is 13.3. The number of hydrogen-bond acceptors (Lipinski definition) is 4. The highest BCUT2D eigenvalue weighted by molar-refractivity contribution is 4.79. The average molecular weight is 287 g/mol. The summed E-state index contributed by atoms with van der Waals surface area (Å²) < 4.78 is 5.65. The van der Waals surface area contributed by atoms with Crippen molar-refractivity contribution in [3.63, 3.8) is 0 Å². The molecule has 4 unspecified atom stereocenters. The van der Waals surface area contributed by atoms with E-state index < -0.39 is 6.10 Å². The Morgan fingerprint density at radius 3 is 2.55 bits per heavy atom. The van der Waals surface area contributed by atoms with Crippen LogP contribution >= 0.6 is 0 Å². The Balaban J connectivity index is 2.16. The maximum atomic E-state index is 10.0. The summed E-state index contributed by atoms with van der Waals surface area (Å²) in [6.07, 6.45) is 5.77. The zero-order chi connectivity index (χ0) is 15.0. The molecule has 1 rings (SSSR count). The van der Waals surface area contributed by atoms with Crippen LogP contribution in [0.15, 0.2) is 0 Å². The third kappa shape index (κ3) is 7.58. The number of nitrogens with one attached hydrogen (secondary N) is 1. The second kappa shape index (κ2) is 9.72.